The van der Waals surface area contributed by atoms with E-state index in [-0.39, 0.29) is 0 Å². The van der Waals surface area contributed by atoms with Crippen molar-refractivity contribution >= 4 is 0 Å². The molecule has 1 aromatic carbocycles. The average Bonchev–Trinajstić information content (AvgIpc) is 2.46. The van der Waals surface area contributed by atoms with Gasteiger partial charge < -0.3 is 14.8 Å². The van der Waals surface area contributed by atoms with E-state index in [1.54, 1.807) is 0 Å². The van der Waals surface area contributed by atoms with E-state index in [1.165, 1.54) is 12.8 Å². The summed E-state index contributed by atoms with van der Waals surface area (Å²) in [6, 6.07) is 8.58. The Balaban J connectivity index is 1.97. The van der Waals surface area contributed by atoms with Gasteiger partial charge in [0.05, 0.1) is 6.61 Å². The van der Waals surface area contributed by atoms with Crippen molar-refractivity contribution in [3.05, 3.63) is 24.3 Å². The van der Waals surface area contributed by atoms with Gasteiger partial charge in [-0.3, -0.25) is 0 Å². The maximum absolute atomic E-state index is 6.15. The molecule has 2 unspecified atom stereocenters. The van der Waals surface area contributed by atoms with Crippen LogP contribution in [0.1, 0.15) is 39.0 Å². The maximum Gasteiger partial charge on any atom is 0.161 e. The number of hydrogen-bond donors (Lipinski definition) is 1. The van der Waals surface area contributed by atoms with Crippen LogP contribution in [0.4, 0.5) is 0 Å². The molecule has 2 rings (SSSR count). The zero-order valence-electron chi connectivity index (χ0n) is 12.0. The van der Waals surface area contributed by atoms with Gasteiger partial charge in [-0.15, -0.1) is 0 Å². The van der Waals surface area contributed by atoms with E-state index in [4.69, 9.17) is 9.47 Å². The summed E-state index contributed by atoms with van der Waals surface area (Å²) in [6.45, 7) is 2.85. The van der Waals surface area contributed by atoms with Crippen LogP contribution in [0.3, 0.4) is 0 Å². The molecule has 1 aromatic rings. The molecule has 106 valence electrons. The van der Waals surface area contributed by atoms with Crippen LogP contribution in [-0.2, 0) is 0 Å². The number of benzene rings is 1. The van der Waals surface area contributed by atoms with Crippen molar-refractivity contribution in [2.45, 2.75) is 51.2 Å². The lowest BCUT2D eigenvalue weighted by molar-refractivity contribution is 0.131. The molecule has 0 bridgehead atoms. The van der Waals surface area contributed by atoms with Crippen molar-refractivity contribution in [2.24, 2.45) is 0 Å². The highest BCUT2D eigenvalue weighted by Gasteiger charge is 2.22. The molecule has 0 aromatic heterocycles. The molecular weight excluding hydrogens is 238 g/mol. The molecular formula is C16H25NO2. The first-order valence-electron chi connectivity index (χ1n) is 7.39. The molecule has 0 heterocycles. The first kappa shape index (κ1) is 14.2. The Hall–Kier alpha value is -1.22. The van der Waals surface area contributed by atoms with Gasteiger partial charge in [0.15, 0.2) is 11.5 Å². The molecule has 1 aliphatic rings. The van der Waals surface area contributed by atoms with Gasteiger partial charge in [0, 0.05) is 6.04 Å². The predicted molar refractivity (Wildman–Crippen MR) is 78.0 cm³/mol. The summed E-state index contributed by atoms with van der Waals surface area (Å²) in [6.07, 6.45) is 6.02. The lowest BCUT2D eigenvalue weighted by Crippen LogP contribution is -2.36. The average molecular weight is 263 g/mol. The first-order chi connectivity index (χ1) is 9.33. The second kappa shape index (κ2) is 7.39. The SMILES string of the molecule is CCCOc1ccccc1OC1CCCC(NC)C1. The first-order valence-corrected chi connectivity index (χ1v) is 7.39. The number of nitrogens with one attached hydrogen (secondary N) is 1. The smallest absolute Gasteiger partial charge is 0.161 e. The molecule has 0 spiro atoms. The van der Waals surface area contributed by atoms with Crippen LogP contribution in [0.5, 0.6) is 11.5 Å². The third-order valence-corrected chi connectivity index (χ3v) is 3.64. The van der Waals surface area contributed by atoms with E-state index in [1.807, 2.05) is 31.3 Å². The van der Waals surface area contributed by atoms with E-state index in [0.717, 1.165) is 37.4 Å². The minimum atomic E-state index is 0.303. The summed E-state index contributed by atoms with van der Waals surface area (Å²) in [5.41, 5.74) is 0. The topological polar surface area (TPSA) is 30.5 Å². The molecule has 3 nitrogen and oxygen atoms in total. The molecule has 1 fully saturated rings. The third-order valence-electron chi connectivity index (χ3n) is 3.64. The van der Waals surface area contributed by atoms with Crippen LogP contribution in [0, 0.1) is 0 Å². The Bertz CT molecular complexity index is 381. The standard InChI is InChI=1S/C16H25NO2/c1-3-11-18-15-9-4-5-10-16(15)19-14-8-6-7-13(12-14)17-2/h4-5,9-10,13-14,17H,3,6-8,11-12H2,1-2H3. The van der Waals surface area contributed by atoms with Crippen molar-refractivity contribution < 1.29 is 9.47 Å². The Morgan fingerprint density at radius 1 is 1.21 bits per heavy atom. The van der Waals surface area contributed by atoms with Crippen LogP contribution >= 0.6 is 0 Å². The van der Waals surface area contributed by atoms with Gasteiger partial charge in [0.1, 0.15) is 6.10 Å². The molecule has 1 N–H and O–H groups in total. The van der Waals surface area contributed by atoms with Crippen molar-refractivity contribution in [3.8, 4) is 11.5 Å². The second-order valence-electron chi connectivity index (χ2n) is 5.19. The largest absolute Gasteiger partial charge is 0.490 e. The van der Waals surface area contributed by atoms with Crippen molar-refractivity contribution in [2.75, 3.05) is 13.7 Å². The molecule has 0 saturated heterocycles. The highest BCUT2D eigenvalue weighted by Crippen LogP contribution is 2.31. The zero-order chi connectivity index (χ0) is 13.5. The molecule has 1 saturated carbocycles. The van der Waals surface area contributed by atoms with Gasteiger partial charge >= 0.3 is 0 Å². The van der Waals surface area contributed by atoms with Gasteiger partial charge in [0.2, 0.25) is 0 Å². The predicted octanol–water partition coefficient (Wildman–Crippen LogP) is 3.38. The summed E-state index contributed by atoms with van der Waals surface area (Å²) in [7, 11) is 2.03. The van der Waals surface area contributed by atoms with Gasteiger partial charge in [-0.25, -0.2) is 0 Å². The second-order valence-corrected chi connectivity index (χ2v) is 5.19. The minimum absolute atomic E-state index is 0.303. The molecule has 0 aliphatic heterocycles. The fourth-order valence-corrected chi connectivity index (χ4v) is 2.57. The number of rotatable bonds is 6. The van der Waals surface area contributed by atoms with Crippen LogP contribution in [-0.4, -0.2) is 25.8 Å². The van der Waals surface area contributed by atoms with Gasteiger partial charge in [-0.1, -0.05) is 19.1 Å². The molecule has 0 amide bonds. The molecule has 1 aliphatic carbocycles. The molecule has 0 radical (unpaired) electrons. The maximum atomic E-state index is 6.15. The highest BCUT2D eigenvalue weighted by molar-refractivity contribution is 5.39. The monoisotopic (exact) mass is 263 g/mol. The quantitative estimate of drug-likeness (QED) is 0.853. The number of hydrogen-bond acceptors (Lipinski definition) is 3. The van der Waals surface area contributed by atoms with Gasteiger partial charge in [-0.05, 0) is 51.3 Å². The lowest BCUT2D eigenvalue weighted by atomic mass is 9.93. The van der Waals surface area contributed by atoms with Gasteiger partial charge in [0.25, 0.3) is 0 Å². The number of para-hydroxylation sites is 2. The van der Waals surface area contributed by atoms with Crippen molar-refractivity contribution in [1.29, 1.82) is 0 Å². The molecule has 19 heavy (non-hydrogen) atoms. The Labute approximate surface area is 116 Å². The van der Waals surface area contributed by atoms with E-state index < -0.39 is 0 Å². The number of ether oxygens (including phenoxy) is 2. The fourth-order valence-electron chi connectivity index (χ4n) is 2.57. The fraction of sp³-hybridized carbons (Fsp3) is 0.625. The summed E-state index contributed by atoms with van der Waals surface area (Å²) in [5, 5.41) is 3.36. The third kappa shape index (κ3) is 4.13. The summed E-state index contributed by atoms with van der Waals surface area (Å²) in [4.78, 5) is 0. The molecule has 3 heteroatoms. The van der Waals surface area contributed by atoms with Crippen molar-refractivity contribution in [1.82, 2.24) is 5.32 Å². The summed E-state index contributed by atoms with van der Waals surface area (Å²) >= 11 is 0. The van der Waals surface area contributed by atoms with Crippen LogP contribution in [0.2, 0.25) is 0 Å². The van der Waals surface area contributed by atoms with Gasteiger partial charge in [-0.2, -0.15) is 0 Å². The Morgan fingerprint density at radius 3 is 2.74 bits per heavy atom. The molecule has 2 atom stereocenters. The van der Waals surface area contributed by atoms with Crippen LogP contribution in [0.15, 0.2) is 24.3 Å². The lowest BCUT2D eigenvalue weighted by Gasteiger charge is -2.29. The van der Waals surface area contributed by atoms with E-state index in [0.29, 0.717) is 12.1 Å². The van der Waals surface area contributed by atoms with Crippen molar-refractivity contribution in [3.63, 3.8) is 0 Å². The Morgan fingerprint density at radius 2 is 2.00 bits per heavy atom. The zero-order valence-corrected chi connectivity index (χ0v) is 12.0. The summed E-state index contributed by atoms with van der Waals surface area (Å²) < 4.78 is 11.9. The van der Waals surface area contributed by atoms with E-state index in [9.17, 15) is 0 Å². The Kier molecular flexibility index (Phi) is 5.52. The van der Waals surface area contributed by atoms with Crippen LogP contribution in [0.25, 0.3) is 0 Å². The van der Waals surface area contributed by atoms with Crippen LogP contribution < -0.4 is 14.8 Å². The van der Waals surface area contributed by atoms with E-state index in [2.05, 4.69) is 12.2 Å². The minimum Gasteiger partial charge on any atom is -0.490 e. The normalized spacial score (nSPS) is 23.1. The van der Waals surface area contributed by atoms with E-state index >= 15 is 0 Å². The highest BCUT2D eigenvalue weighted by atomic mass is 16.5. The summed E-state index contributed by atoms with van der Waals surface area (Å²) in [5.74, 6) is 1.76.